The number of nitrogen functional groups attached to an aromatic ring is 1. The van der Waals surface area contributed by atoms with Crippen molar-refractivity contribution in [3.8, 4) is 10.6 Å². The Morgan fingerprint density at radius 1 is 1.25 bits per heavy atom. The van der Waals surface area contributed by atoms with Crippen LogP contribution in [0.1, 0.15) is 31.2 Å². The van der Waals surface area contributed by atoms with Crippen molar-refractivity contribution in [2.45, 2.75) is 26.7 Å². The van der Waals surface area contributed by atoms with Gasteiger partial charge < -0.3 is 5.73 Å². The van der Waals surface area contributed by atoms with Crippen LogP contribution in [0.5, 0.6) is 0 Å². The van der Waals surface area contributed by atoms with E-state index in [0.717, 1.165) is 22.0 Å². The second kappa shape index (κ2) is 4.22. The summed E-state index contributed by atoms with van der Waals surface area (Å²) < 4.78 is 0. The molecule has 0 aliphatic heterocycles. The average Bonchev–Trinajstić information content (AvgIpc) is 2.64. The number of nitrogens with zero attached hydrogens (tertiary/aromatic N) is 2. The fourth-order valence-corrected chi connectivity index (χ4v) is 2.47. The molecule has 0 aromatic carbocycles. The predicted octanol–water partition coefficient (Wildman–Crippen LogP) is 3.22. The molecule has 0 radical (unpaired) electrons. The number of anilines is 1. The van der Waals surface area contributed by atoms with E-state index >= 15 is 0 Å². The molecule has 0 amide bonds. The Morgan fingerprint density at radius 2 is 2.00 bits per heavy atom. The van der Waals surface area contributed by atoms with Crippen LogP contribution in [0.4, 0.5) is 5.82 Å². The molecule has 0 aliphatic carbocycles. The molecule has 0 unspecified atom stereocenters. The second-order valence-corrected chi connectivity index (χ2v) is 5.01. The minimum Gasteiger partial charge on any atom is -0.384 e. The molecular formula is C12H15N3S. The van der Waals surface area contributed by atoms with E-state index in [4.69, 9.17) is 5.73 Å². The summed E-state index contributed by atoms with van der Waals surface area (Å²) in [5.74, 6) is 1.02. The van der Waals surface area contributed by atoms with Crippen LogP contribution in [-0.4, -0.2) is 9.97 Å². The lowest BCUT2D eigenvalue weighted by Crippen LogP contribution is -1.93. The van der Waals surface area contributed by atoms with E-state index in [2.05, 4.69) is 29.2 Å². The van der Waals surface area contributed by atoms with E-state index in [1.54, 1.807) is 11.3 Å². The van der Waals surface area contributed by atoms with Crippen molar-refractivity contribution in [3.63, 3.8) is 0 Å². The number of aryl methyl sites for hydroxylation is 1. The topological polar surface area (TPSA) is 51.8 Å². The number of hydrogen-bond acceptors (Lipinski definition) is 4. The molecule has 2 heterocycles. The second-order valence-electron chi connectivity index (χ2n) is 4.15. The van der Waals surface area contributed by atoms with Gasteiger partial charge in [0.05, 0.1) is 5.69 Å². The highest BCUT2D eigenvalue weighted by Gasteiger charge is 2.08. The van der Waals surface area contributed by atoms with Gasteiger partial charge in [-0.05, 0) is 25.0 Å². The summed E-state index contributed by atoms with van der Waals surface area (Å²) in [5, 5.41) is 3.12. The first-order valence-corrected chi connectivity index (χ1v) is 6.14. The Morgan fingerprint density at radius 3 is 2.56 bits per heavy atom. The van der Waals surface area contributed by atoms with Crippen LogP contribution in [-0.2, 0) is 0 Å². The van der Waals surface area contributed by atoms with Gasteiger partial charge in [0.1, 0.15) is 10.8 Å². The number of rotatable bonds is 2. The van der Waals surface area contributed by atoms with Crippen molar-refractivity contribution in [2.75, 3.05) is 5.73 Å². The zero-order valence-electron chi connectivity index (χ0n) is 9.69. The zero-order valence-corrected chi connectivity index (χ0v) is 10.5. The van der Waals surface area contributed by atoms with E-state index < -0.39 is 0 Å². The molecule has 2 aromatic rings. The minimum atomic E-state index is 0.463. The van der Waals surface area contributed by atoms with Crippen LogP contribution in [0.15, 0.2) is 17.5 Å². The summed E-state index contributed by atoms with van der Waals surface area (Å²) in [6.07, 6.45) is 0. The molecule has 2 N–H and O–H groups in total. The summed E-state index contributed by atoms with van der Waals surface area (Å²) in [4.78, 5) is 8.75. The molecule has 4 heteroatoms. The van der Waals surface area contributed by atoms with E-state index in [1.807, 2.05) is 19.1 Å². The van der Waals surface area contributed by atoms with Gasteiger partial charge in [0.2, 0.25) is 0 Å². The van der Waals surface area contributed by atoms with Crippen molar-refractivity contribution in [1.82, 2.24) is 9.97 Å². The highest BCUT2D eigenvalue weighted by atomic mass is 32.1. The summed E-state index contributed by atoms with van der Waals surface area (Å²) >= 11 is 1.65. The lowest BCUT2D eigenvalue weighted by molar-refractivity contribution is 0.834. The summed E-state index contributed by atoms with van der Waals surface area (Å²) in [5.41, 5.74) is 8.85. The van der Waals surface area contributed by atoms with Gasteiger partial charge in [-0.2, -0.15) is 0 Å². The van der Waals surface area contributed by atoms with Gasteiger partial charge in [-0.25, -0.2) is 9.97 Å². The maximum atomic E-state index is 5.73. The third kappa shape index (κ3) is 2.22. The molecule has 2 aromatic heterocycles. The van der Waals surface area contributed by atoms with Gasteiger partial charge >= 0.3 is 0 Å². The molecule has 16 heavy (non-hydrogen) atoms. The number of thiazole rings is 1. The third-order valence-corrected chi connectivity index (χ3v) is 3.24. The molecule has 0 spiro atoms. The molecule has 84 valence electrons. The molecule has 0 saturated heterocycles. The van der Waals surface area contributed by atoms with E-state index in [-0.39, 0.29) is 0 Å². The van der Waals surface area contributed by atoms with Gasteiger partial charge in [-0.15, -0.1) is 11.3 Å². The van der Waals surface area contributed by atoms with Gasteiger partial charge in [0.25, 0.3) is 0 Å². The van der Waals surface area contributed by atoms with Crippen LogP contribution >= 0.6 is 11.3 Å². The van der Waals surface area contributed by atoms with Crippen molar-refractivity contribution in [2.24, 2.45) is 0 Å². The standard InChI is InChI=1S/C12H15N3S/c1-7(2)10-6-16-12(15-10)9-4-8(3)14-11(13)5-9/h4-7H,1-3H3,(H2,13,14). The fourth-order valence-electron chi connectivity index (χ4n) is 1.50. The van der Waals surface area contributed by atoms with Gasteiger partial charge in [0, 0.05) is 16.6 Å². The molecule has 0 atom stereocenters. The SMILES string of the molecule is Cc1cc(-c2nc(C(C)C)cs2)cc(N)n1. The first-order valence-electron chi connectivity index (χ1n) is 5.26. The van der Waals surface area contributed by atoms with Crippen LogP contribution in [0.3, 0.4) is 0 Å². The van der Waals surface area contributed by atoms with E-state index in [0.29, 0.717) is 11.7 Å². The number of hydrogen-bond donors (Lipinski definition) is 1. The summed E-state index contributed by atoms with van der Waals surface area (Å²) in [6, 6.07) is 3.88. The van der Waals surface area contributed by atoms with Crippen LogP contribution in [0, 0.1) is 6.92 Å². The van der Waals surface area contributed by atoms with Crippen molar-refractivity contribution >= 4 is 17.2 Å². The molecular weight excluding hydrogens is 218 g/mol. The van der Waals surface area contributed by atoms with Gasteiger partial charge in [-0.1, -0.05) is 13.8 Å². The quantitative estimate of drug-likeness (QED) is 0.866. The van der Waals surface area contributed by atoms with Crippen molar-refractivity contribution in [1.29, 1.82) is 0 Å². The maximum absolute atomic E-state index is 5.73. The lowest BCUT2D eigenvalue weighted by Gasteiger charge is -2.01. The Bertz CT molecular complexity index is 482. The zero-order chi connectivity index (χ0) is 11.7. The third-order valence-electron chi connectivity index (χ3n) is 2.33. The Kier molecular flexibility index (Phi) is 2.92. The van der Waals surface area contributed by atoms with E-state index in [1.165, 1.54) is 0 Å². The average molecular weight is 233 g/mol. The largest absolute Gasteiger partial charge is 0.384 e. The molecule has 2 rings (SSSR count). The Hall–Kier alpha value is -1.42. The van der Waals surface area contributed by atoms with Crippen LogP contribution in [0.2, 0.25) is 0 Å². The molecule has 0 aliphatic rings. The molecule has 3 nitrogen and oxygen atoms in total. The molecule has 0 saturated carbocycles. The monoisotopic (exact) mass is 233 g/mol. The number of aromatic nitrogens is 2. The minimum absolute atomic E-state index is 0.463. The van der Waals surface area contributed by atoms with Gasteiger partial charge in [0.15, 0.2) is 0 Å². The molecule has 0 fully saturated rings. The number of pyridine rings is 1. The highest BCUT2D eigenvalue weighted by molar-refractivity contribution is 7.13. The first-order chi connectivity index (χ1) is 7.56. The predicted molar refractivity (Wildman–Crippen MR) is 68.6 cm³/mol. The highest BCUT2D eigenvalue weighted by Crippen LogP contribution is 2.27. The van der Waals surface area contributed by atoms with Crippen molar-refractivity contribution < 1.29 is 0 Å². The Balaban J connectivity index is 2.42. The smallest absolute Gasteiger partial charge is 0.124 e. The maximum Gasteiger partial charge on any atom is 0.124 e. The summed E-state index contributed by atoms with van der Waals surface area (Å²) in [6.45, 7) is 6.23. The molecule has 0 bridgehead atoms. The van der Waals surface area contributed by atoms with E-state index in [9.17, 15) is 0 Å². The van der Waals surface area contributed by atoms with Crippen LogP contribution in [0.25, 0.3) is 10.6 Å². The fraction of sp³-hybridized carbons (Fsp3) is 0.333. The first kappa shape index (κ1) is 11.1. The lowest BCUT2D eigenvalue weighted by atomic mass is 10.1. The van der Waals surface area contributed by atoms with Crippen LogP contribution < -0.4 is 5.73 Å². The van der Waals surface area contributed by atoms with Gasteiger partial charge in [-0.3, -0.25) is 0 Å². The summed E-state index contributed by atoms with van der Waals surface area (Å²) in [7, 11) is 0. The van der Waals surface area contributed by atoms with Crippen molar-refractivity contribution in [3.05, 3.63) is 28.9 Å². The Labute approximate surface area is 99.4 Å². The normalized spacial score (nSPS) is 11.0. The number of nitrogens with two attached hydrogens (primary N) is 1.